The monoisotopic (exact) mass is 283 g/mol. The van der Waals surface area contributed by atoms with Gasteiger partial charge in [0.1, 0.15) is 0 Å². The van der Waals surface area contributed by atoms with E-state index in [0.29, 0.717) is 13.2 Å². The molecule has 2 atom stereocenters. The molecule has 1 aliphatic rings. The summed E-state index contributed by atoms with van der Waals surface area (Å²) >= 11 is 1.65. The van der Waals surface area contributed by atoms with E-state index in [9.17, 15) is 4.79 Å². The highest BCUT2D eigenvalue weighted by atomic mass is 32.1. The van der Waals surface area contributed by atoms with Gasteiger partial charge in [-0.2, -0.15) is 0 Å². The lowest BCUT2D eigenvalue weighted by atomic mass is 10.1. The summed E-state index contributed by atoms with van der Waals surface area (Å²) in [7, 11) is 1.68. The molecule has 0 unspecified atom stereocenters. The van der Waals surface area contributed by atoms with Crippen molar-refractivity contribution in [2.24, 2.45) is 0 Å². The third-order valence-electron chi connectivity index (χ3n) is 3.32. The Kier molecular flexibility index (Phi) is 5.36. The van der Waals surface area contributed by atoms with Crippen LogP contribution >= 0.6 is 11.3 Å². The fourth-order valence-corrected chi connectivity index (χ4v) is 3.23. The van der Waals surface area contributed by atoms with Gasteiger partial charge in [-0.3, -0.25) is 4.79 Å². The second kappa shape index (κ2) is 7.03. The summed E-state index contributed by atoms with van der Waals surface area (Å²) in [6, 6.07) is 1.93. The number of rotatable bonds is 5. The van der Waals surface area contributed by atoms with Gasteiger partial charge < -0.3 is 14.8 Å². The zero-order valence-corrected chi connectivity index (χ0v) is 12.3. The maximum atomic E-state index is 12.2. The van der Waals surface area contributed by atoms with Crippen LogP contribution in [0.15, 0.2) is 11.4 Å². The van der Waals surface area contributed by atoms with Crippen molar-refractivity contribution >= 4 is 17.2 Å². The Bertz CT molecular complexity index is 419. The van der Waals surface area contributed by atoms with Gasteiger partial charge in [0.25, 0.3) is 5.91 Å². The van der Waals surface area contributed by atoms with Gasteiger partial charge >= 0.3 is 0 Å². The highest BCUT2D eigenvalue weighted by Gasteiger charge is 2.27. The van der Waals surface area contributed by atoms with E-state index in [1.165, 1.54) is 4.88 Å². The number of carbonyl (C=O) groups is 1. The molecule has 1 fully saturated rings. The molecule has 5 heteroatoms. The predicted octanol–water partition coefficient (Wildman–Crippen LogP) is 2.23. The van der Waals surface area contributed by atoms with Crippen LogP contribution in [0.3, 0.4) is 0 Å². The Morgan fingerprint density at radius 3 is 3.21 bits per heavy atom. The molecule has 19 heavy (non-hydrogen) atoms. The fourth-order valence-electron chi connectivity index (χ4n) is 2.26. The van der Waals surface area contributed by atoms with Gasteiger partial charge in [-0.05, 0) is 18.9 Å². The first-order valence-corrected chi connectivity index (χ1v) is 7.61. The van der Waals surface area contributed by atoms with E-state index in [1.807, 2.05) is 11.4 Å². The molecule has 1 aromatic rings. The molecule has 0 saturated carbocycles. The number of amides is 1. The SMILES string of the molecule is CCCc1cc(C(=O)N[C@H]2COCC[C@@H]2OC)cs1. The van der Waals surface area contributed by atoms with Gasteiger partial charge in [0.05, 0.1) is 24.3 Å². The van der Waals surface area contributed by atoms with Crippen LogP contribution in [0, 0.1) is 0 Å². The number of carbonyl (C=O) groups excluding carboxylic acids is 1. The molecule has 1 aliphatic heterocycles. The molecule has 2 rings (SSSR count). The first-order chi connectivity index (χ1) is 9.24. The molecular weight excluding hydrogens is 262 g/mol. The number of methoxy groups -OCH3 is 1. The van der Waals surface area contributed by atoms with Gasteiger partial charge in [-0.25, -0.2) is 0 Å². The van der Waals surface area contributed by atoms with E-state index in [4.69, 9.17) is 9.47 Å². The number of thiophene rings is 1. The third-order valence-corrected chi connectivity index (χ3v) is 4.32. The standard InChI is InChI=1S/C14H21NO3S/c1-3-4-11-7-10(9-19-11)14(16)15-12-8-18-6-5-13(12)17-2/h7,9,12-13H,3-6,8H2,1-2H3,(H,15,16)/t12-,13-/m0/s1. The molecule has 0 spiro atoms. The number of aryl methyl sites for hydroxylation is 1. The van der Waals surface area contributed by atoms with Crippen molar-refractivity contribution in [3.05, 3.63) is 21.9 Å². The van der Waals surface area contributed by atoms with Crippen molar-refractivity contribution in [1.82, 2.24) is 5.32 Å². The summed E-state index contributed by atoms with van der Waals surface area (Å²) < 4.78 is 10.8. The minimum absolute atomic E-state index is 0.0313. The smallest absolute Gasteiger partial charge is 0.252 e. The Labute approximate surface area is 118 Å². The van der Waals surface area contributed by atoms with E-state index in [0.717, 1.165) is 24.8 Å². The van der Waals surface area contributed by atoms with Crippen LogP contribution in [0.2, 0.25) is 0 Å². The van der Waals surface area contributed by atoms with Gasteiger partial charge in [-0.15, -0.1) is 11.3 Å². The largest absolute Gasteiger partial charge is 0.379 e. The molecule has 0 aliphatic carbocycles. The minimum Gasteiger partial charge on any atom is -0.379 e. The second-order valence-corrected chi connectivity index (χ2v) is 5.77. The Morgan fingerprint density at radius 2 is 2.47 bits per heavy atom. The quantitative estimate of drug-likeness (QED) is 0.901. The molecule has 4 nitrogen and oxygen atoms in total. The van der Waals surface area contributed by atoms with E-state index >= 15 is 0 Å². The van der Waals surface area contributed by atoms with Gasteiger partial charge in [0.2, 0.25) is 0 Å². The van der Waals surface area contributed by atoms with Crippen LogP contribution in [0.5, 0.6) is 0 Å². The van der Waals surface area contributed by atoms with Crippen molar-refractivity contribution in [3.8, 4) is 0 Å². The van der Waals surface area contributed by atoms with Crippen molar-refractivity contribution in [3.63, 3.8) is 0 Å². The highest BCUT2D eigenvalue weighted by molar-refractivity contribution is 7.10. The number of hydrogen-bond donors (Lipinski definition) is 1. The van der Waals surface area contributed by atoms with Gasteiger partial charge in [0.15, 0.2) is 0 Å². The van der Waals surface area contributed by atoms with Crippen LogP contribution in [0.4, 0.5) is 0 Å². The van der Waals surface area contributed by atoms with Crippen molar-refractivity contribution in [1.29, 1.82) is 0 Å². The maximum absolute atomic E-state index is 12.2. The highest BCUT2D eigenvalue weighted by Crippen LogP contribution is 2.17. The molecule has 0 bridgehead atoms. The van der Waals surface area contributed by atoms with Crippen molar-refractivity contribution < 1.29 is 14.3 Å². The zero-order valence-electron chi connectivity index (χ0n) is 11.5. The van der Waals surface area contributed by atoms with Crippen LogP contribution in [0.1, 0.15) is 35.0 Å². The summed E-state index contributed by atoms with van der Waals surface area (Å²) in [4.78, 5) is 13.4. The summed E-state index contributed by atoms with van der Waals surface area (Å²) in [5.74, 6) is -0.0313. The molecule has 0 radical (unpaired) electrons. The molecule has 1 saturated heterocycles. The zero-order chi connectivity index (χ0) is 13.7. The lowest BCUT2D eigenvalue weighted by molar-refractivity contribution is -0.0349. The summed E-state index contributed by atoms with van der Waals surface area (Å²) in [6.45, 7) is 3.36. The van der Waals surface area contributed by atoms with Crippen LogP contribution in [0.25, 0.3) is 0 Å². The van der Waals surface area contributed by atoms with E-state index in [-0.39, 0.29) is 18.1 Å². The Balaban J connectivity index is 1.95. The average molecular weight is 283 g/mol. The molecular formula is C14H21NO3S. The van der Waals surface area contributed by atoms with Crippen LogP contribution in [-0.4, -0.2) is 38.4 Å². The number of nitrogens with one attached hydrogen (secondary N) is 1. The molecule has 1 N–H and O–H groups in total. The van der Waals surface area contributed by atoms with Gasteiger partial charge in [0, 0.05) is 24.0 Å². The fraction of sp³-hybridized carbons (Fsp3) is 0.643. The molecule has 2 heterocycles. The lowest BCUT2D eigenvalue weighted by Gasteiger charge is -2.30. The van der Waals surface area contributed by atoms with E-state index in [2.05, 4.69) is 12.2 Å². The molecule has 0 aromatic carbocycles. The van der Waals surface area contributed by atoms with Crippen molar-refractivity contribution in [2.45, 2.75) is 38.3 Å². The normalized spacial score (nSPS) is 23.3. The predicted molar refractivity (Wildman–Crippen MR) is 75.8 cm³/mol. The van der Waals surface area contributed by atoms with E-state index < -0.39 is 0 Å². The van der Waals surface area contributed by atoms with Gasteiger partial charge in [-0.1, -0.05) is 13.3 Å². The first-order valence-electron chi connectivity index (χ1n) is 6.73. The summed E-state index contributed by atoms with van der Waals surface area (Å²) in [6.07, 6.45) is 3.01. The maximum Gasteiger partial charge on any atom is 0.252 e. The van der Waals surface area contributed by atoms with Crippen LogP contribution in [-0.2, 0) is 15.9 Å². The number of hydrogen-bond acceptors (Lipinski definition) is 4. The molecule has 106 valence electrons. The number of ether oxygens (including phenoxy) is 2. The lowest BCUT2D eigenvalue weighted by Crippen LogP contribution is -2.50. The topological polar surface area (TPSA) is 47.6 Å². The Hall–Kier alpha value is -0.910. The van der Waals surface area contributed by atoms with Crippen molar-refractivity contribution in [2.75, 3.05) is 20.3 Å². The van der Waals surface area contributed by atoms with E-state index in [1.54, 1.807) is 18.4 Å². The molecule has 1 amide bonds. The second-order valence-electron chi connectivity index (χ2n) is 4.77. The van der Waals surface area contributed by atoms with Crippen LogP contribution < -0.4 is 5.32 Å². The molecule has 1 aromatic heterocycles. The first kappa shape index (κ1) is 14.5. The minimum atomic E-state index is -0.0548. The summed E-state index contributed by atoms with van der Waals surface area (Å²) in [5, 5.41) is 4.93. The third kappa shape index (κ3) is 3.78. The Morgan fingerprint density at radius 1 is 1.63 bits per heavy atom. The summed E-state index contributed by atoms with van der Waals surface area (Å²) in [5.41, 5.74) is 0.744. The average Bonchev–Trinajstić information content (AvgIpc) is 2.88.